The molecule has 1 aromatic carbocycles. The molecule has 1 N–H and O–H groups in total. The molecule has 3 rings (SSSR count). The molecule has 6 heteroatoms. The number of fused-ring (bicyclic) bond motifs is 1. The lowest BCUT2D eigenvalue weighted by Crippen LogP contribution is -2.10. The van der Waals surface area contributed by atoms with Crippen LogP contribution < -0.4 is 10.1 Å². The molecule has 3 aromatic rings. The van der Waals surface area contributed by atoms with Crippen LogP contribution in [0.1, 0.15) is 24.7 Å². The highest BCUT2D eigenvalue weighted by atomic mass is 16.5. The number of anilines is 1. The van der Waals surface area contributed by atoms with Crippen LogP contribution in [-0.4, -0.2) is 41.5 Å². The molecular formula is C20H26N4O2. The van der Waals surface area contributed by atoms with Crippen molar-refractivity contribution in [3.8, 4) is 16.9 Å². The van der Waals surface area contributed by atoms with E-state index in [-0.39, 0.29) is 0 Å². The molecule has 0 aliphatic carbocycles. The molecule has 0 radical (unpaired) electrons. The molecule has 6 nitrogen and oxygen atoms in total. The van der Waals surface area contributed by atoms with Crippen molar-refractivity contribution >= 4 is 11.5 Å². The molecule has 0 saturated carbocycles. The molecule has 2 aromatic heterocycles. The quantitative estimate of drug-likeness (QED) is 0.623. The second-order valence-electron chi connectivity index (χ2n) is 6.18. The third-order valence-corrected chi connectivity index (χ3v) is 4.25. The van der Waals surface area contributed by atoms with Gasteiger partial charge in [0, 0.05) is 37.1 Å². The zero-order chi connectivity index (χ0) is 18.5. The van der Waals surface area contributed by atoms with Crippen LogP contribution in [0.4, 0.5) is 5.82 Å². The van der Waals surface area contributed by atoms with Gasteiger partial charge in [0.15, 0.2) is 5.65 Å². The van der Waals surface area contributed by atoms with Crippen LogP contribution in [0.3, 0.4) is 0 Å². The topological polar surface area (TPSA) is 60.7 Å². The molecule has 0 saturated heterocycles. The fourth-order valence-corrected chi connectivity index (χ4v) is 3.00. The Balaban J connectivity index is 1.94. The van der Waals surface area contributed by atoms with Crippen LogP contribution in [0, 0.1) is 13.8 Å². The normalized spacial score (nSPS) is 11.1. The number of aryl methyl sites for hydroxylation is 2. The summed E-state index contributed by atoms with van der Waals surface area (Å²) in [5, 5.41) is 8.18. The van der Waals surface area contributed by atoms with E-state index < -0.39 is 0 Å². The number of nitrogens with one attached hydrogen (secondary N) is 1. The lowest BCUT2D eigenvalue weighted by molar-refractivity contribution is 0.147. The van der Waals surface area contributed by atoms with Crippen LogP contribution in [0.5, 0.6) is 5.75 Å². The van der Waals surface area contributed by atoms with Crippen molar-refractivity contribution in [2.75, 3.05) is 32.2 Å². The molecule has 138 valence electrons. The van der Waals surface area contributed by atoms with Gasteiger partial charge in [-0.3, -0.25) is 0 Å². The third kappa shape index (κ3) is 3.80. The fraction of sp³-hybridized carbons (Fsp3) is 0.400. The summed E-state index contributed by atoms with van der Waals surface area (Å²) in [6, 6.07) is 10.0. The zero-order valence-electron chi connectivity index (χ0n) is 15.9. The predicted molar refractivity (Wildman–Crippen MR) is 104 cm³/mol. The van der Waals surface area contributed by atoms with Crippen LogP contribution >= 0.6 is 0 Å². The summed E-state index contributed by atoms with van der Waals surface area (Å²) in [5.74, 6) is 1.79. The van der Waals surface area contributed by atoms with Gasteiger partial charge >= 0.3 is 0 Å². The first kappa shape index (κ1) is 18.2. The Bertz CT molecular complexity index is 872. The van der Waals surface area contributed by atoms with Crippen molar-refractivity contribution in [1.29, 1.82) is 0 Å². The molecule has 26 heavy (non-hydrogen) atoms. The molecule has 0 amide bonds. The summed E-state index contributed by atoms with van der Waals surface area (Å²) < 4.78 is 12.5. The molecule has 0 aliphatic rings. The number of rotatable bonds is 8. The van der Waals surface area contributed by atoms with Gasteiger partial charge < -0.3 is 14.8 Å². The minimum absolute atomic E-state index is 0.752. The zero-order valence-corrected chi connectivity index (χ0v) is 15.9. The van der Waals surface area contributed by atoms with Crippen LogP contribution in [0.25, 0.3) is 16.8 Å². The summed E-state index contributed by atoms with van der Waals surface area (Å²) in [5.41, 5.74) is 4.90. The van der Waals surface area contributed by atoms with E-state index in [0.29, 0.717) is 0 Å². The largest absolute Gasteiger partial charge is 0.497 e. The maximum atomic E-state index is 5.40. The molecule has 0 aliphatic heterocycles. The van der Waals surface area contributed by atoms with Crippen molar-refractivity contribution < 1.29 is 9.47 Å². The molecule has 0 atom stereocenters. The molecular weight excluding hydrogens is 328 g/mol. The number of benzene rings is 1. The van der Waals surface area contributed by atoms with Gasteiger partial charge in [0.1, 0.15) is 11.6 Å². The highest BCUT2D eigenvalue weighted by Gasteiger charge is 2.16. The molecule has 0 fully saturated rings. The van der Waals surface area contributed by atoms with Crippen molar-refractivity contribution in [3.05, 3.63) is 41.7 Å². The Morgan fingerprint density at radius 3 is 2.62 bits per heavy atom. The van der Waals surface area contributed by atoms with Gasteiger partial charge in [-0.25, -0.2) is 4.98 Å². The van der Waals surface area contributed by atoms with Crippen LogP contribution in [-0.2, 0) is 4.74 Å². The Morgan fingerprint density at radius 2 is 1.92 bits per heavy atom. The van der Waals surface area contributed by atoms with Gasteiger partial charge in [0.2, 0.25) is 0 Å². The number of hydrogen-bond acceptors (Lipinski definition) is 5. The number of aromatic nitrogens is 3. The average Bonchev–Trinajstić information content (AvgIpc) is 2.97. The first-order valence-corrected chi connectivity index (χ1v) is 8.97. The van der Waals surface area contributed by atoms with Gasteiger partial charge in [0.05, 0.1) is 12.8 Å². The molecule has 0 spiro atoms. The maximum absolute atomic E-state index is 5.40. The average molecular weight is 354 g/mol. The van der Waals surface area contributed by atoms with Crippen molar-refractivity contribution in [2.45, 2.75) is 27.2 Å². The van der Waals surface area contributed by atoms with Crippen LogP contribution in [0.15, 0.2) is 30.3 Å². The highest BCUT2D eigenvalue weighted by Crippen LogP contribution is 2.30. The van der Waals surface area contributed by atoms with Gasteiger partial charge in [-0.05, 0) is 44.9 Å². The Hall–Kier alpha value is -2.60. The predicted octanol–water partition coefficient (Wildman–Crippen LogP) is 3.86. The number of methoxy groups -OCH3 is 1. The fourth-order valence-electron chi connectivity index (χ4n) is 3.00. The molecule has 2 heterocycles. The highest BCUT2D eigenvalue weighted by molar-refractivity contribution is 5.81. The summed E-state index contributed by atoms with van der Waals surface area (Å²) >= 11 is 0. The lowest BCUT2D eigenvalue weighted by atomic mass is 10.1. The Labute approximate surface area is 154 Å². The van der Waals surface area contributed by atoms with E-state index in [4.69, 9.17) is 19.6 Å². The van der Waals surface area contributed by atoms with Gasteiger partial charge in [-0.15, -0.1) is 0 Å². The first-order chi connectivity index (χ1) is 12.6. The third-order valence-electron chi connectivity index (χ3n) is 4.25. The Kier molecular flexibility index (Phi) is 5.73. The van der Waals surface area contributed by atoms with Crippen molar-refractivity contribution in [3.63, 3.8) is 0 Å². The Morgan fingerprint density at radius 1 is 1.15 bits per heavy atom. The van der Waals surface area contributed by atoms with Gasteiger partial charge in [-0.2, -0.15) is 9.61 Å². The first-order valence-electron chi connectivity index (χ1n) is 8.97. The monoisotopic (exact) mass is 354 g/mol. The molecule has 0 bridgehead atoms. The SMILES string of the molecule is CCOCCCNc1cc(C)nc2c(-c3ccc(OC)cc3)c(C)nn12. The number of nitrogens with zero attached hydrogens (tertiary/aromatic N) is 3. The lowest BCUT2D eigenvalue weighted by Gasteiger charge is -2.10. The maximum Gasteiger partial charge on any atom is 0.165 e. The minimum atomic E-state index is 0.752. The van der Waals surface area contributed by atoms with E-state index in [1.54, 1.807) is 7.11 Å². The summed E-state index contributed by atoms with van der Waals surface area (Å²) in [6.45, 7) is 8.37. The van der Waals surface area contributed by atoms with E-state index in [1.165, 1.54) is 0 Å². The standard InChI is InChI=1S/C20H26N4O2/c1-5-26-12-6-11-21-18-13-14(2)22-20-19(15(3)23-24(18)20)16-7-9-17(25-4)10-8-16/h7-10,13,21H,5-6,11-12H2,1-4H3. The molecule has 0 unspecified atom stereocenters. The van der Waals surface area contributed by atoms with Crippen LogP contribution in [0.2, 0.25) is 0 Å². The summed E-state index contributed by atoms with van der Waals surface area (Å²) in [7, 11) is 1.67. The number of hydrogen-bond donors (Lipinski definition) is 1. The van der Waals surface area contributed by atoms with Gasteiger partial charge in [0.25, 0.3) is 0 Å². The van der Waals surface area contributed by atoms with E-state index in [9.17, 15) is 0 Å². The van der Waals surface area contributed by atoms with E-state index >= 15 is 0 Å². The number of ether oxygens (including phenoxy) is 2. The summed E-state index contributed by atoms with van der Waals surface area (Å²) in [4.78, 5) is 4.74. The minimum Gasteiger partial charge on any atom is -0.497 e. The second kappa shape index (κ2) is 8.19. The summed E-state index contributed by atoms with van der Waals surface area (Å²) in [6.07, 6.45) is 0.947. The van der Waals surface area contributed by atoms with Crippen molar-refractivity contribution in [2.24, 2.45) is 0 Å². The second-order valence-corrected chi connectivity index (χ2v) is 6.18. The van der Waals surface area contributed by atoms with E-state index in [2.05, 4.69) is 5.32 Å². The van der Waals surface area contributed by atoms with E-state index in [1.807, 2.05) is 55.6 Å². The smallest absolute Gasteiger partial charge is 0.165 e. The van der Waals surface area contributed by atoms with E-state index in [0.717, 1.165) is 65.9 Å². The van der Waals surface area contributed by atoms with Crippen molar-refractivity contribution in [1.82, 2.24) is 14.6 Å². The van der Waals surface area contributed by atoms with Gasteiger partial charge in [-0.1, -0.05) is 12.1 Å².